The number of rotatable bonds is 3. The molecule has 7 nitrogen and oxygen atoms in total. The van der Waals surface area contributed by atoms with Crippen LogP contribution < -0.4 is 10.6 Å². The molecule has 0 bridgehead atoms. The fourth-order valence-corrected chi connectivity index (χ4v) is 3.07. The first kappa shape index (κ1) is 15.6. The minimum atomic E-state index is -0.349. The number of nitrogens with zero attached hydrogens (tertiary/aromatic N) is 2. The highest BCUT2D eigenvalue weighted by molar-refractivity contribution is 6.04. The average Bonchev–Trinajstić information content (AvgIpc) is 3.06. The van der Waals surface area contributed by atoms with Gasteiger partial charge in [0.05, 0.1) is 11.2 Å². The van der Waals surface area contributed by atoms with Gasteiger partial charge in [0.2, 0.25) is 0 Å². The lowest BCUT2D eigenvalue weighted by Gasteiger charge is -2.22. The summed E-state index contributed by atoms with van der Waals surface area (Å²) in [6, 6.07) is 7.25. The normalized spacial score (nSPS) is 15.2. The molecule has 1 aliphatic heterocycles. The molecule has 0 radical (unpaired) electrons. The molecule has 128 valence electrons. The van der Waals surface area contributed by atoms with Crippen molar-refractivity contribution in [2.75, 3.05) is 23.8 Å². The molecule has 3 aromatic rings. The van der Waals surface area contributed by atoms with Crippen molar-refractivity contribution in [3.05, 3.63) is 48.4 Å². The third kappa shape index (κ3) is 3.46. The predicted molar refractivity (Wildman–Crippen MR) is 95.8 cm³/mol. The van der Waals surface area contributed by atoms with E-state index in [0.29, 0.717) is 17.4 Å². The molecule has 3 N–H and O–H groups in total. The smallest absolute Gasteiger partial charge is 0.324 e. The number of urea groups is 1. The van der Waals surface area contributed by atoms with Crippen molar-refractivity contribution in [3.63, 3.8) is 0 Å². The summed E-state index contributed by atoms with van der Waals surface area (Å²) < 4.78 is 5.38. The molecule has 0 unspecified atom stereocenters. The summed E-state index contributed by atoms with van der Waals surface area (Å²) in [4.78, 5) is 23.9. The van der Waals surface area contributed by atoms with Crippen LogP contribution in [0.2, 0.25) is 0 Å². The number of fused-ring (bicyclic) bond motifs is 1. The second-order valence-corrected chi connectivity index (χ2v) is 6.04. The minimum Gasteiger partial charge on any atom is -0.381 e. The van der Waals surface area contributed by atoms with E-state index < -0.39 is 0 Å². The number of nitrogens with one attached hydrogen (secondary N) is 3. The number of aromatic nitrogens is 3. The first-order valence-electron chi connectivity index (χ1n) is 8.33. The first-order chi connectivity index (χ1) is 12.3. The van der Waals surface area contributed by atoms with E-state index in [2.05, 4.69) is 25.6 Å². The molecule has 0 atom stereocenters. The number of ether oxygens (including phenoxy) is 1. The Balaban J connectivity index is 1.40. The lowest BCUT2D eigenvalue weighted by molar-refractivity contribution is 0.0853. The van der Waals surface area contributed by atoms with Crippen molar-refractivity contribution in [2.45, 2.75) is 18.8 Å². The maximum Gasteiger partial charge on any atom is 0.324 e. The molecule has 4 rings (SSSR count). The number of pyridine rings is 2. The highest BCUT2D eigenvalue weighted by atomic mass is 16.5. The topological polar surface area (TPSA) is 91.9 Å². The molecule has 25 heavy (non-hydrogen) atoms. The van der Waals surface area contributed by atoms with Crippen molar-refractivity contribution >= 4 is 28.6 Å². The number of anilines is 2. The maximum atomic E-state index is 12.2. The lowest BCUT2D eigenvalue weighted by Crippen LogP contribution is -2.20. The van der Waals surface area contributed by atoms with E-state index in [9.17, 15) is 4.79 Å². The monoisotopic (exact) mass is 337 g/mol. The average molecular weight is 337 g/mol. The molecular weight excluding hydrogens is 318 g/mol. The zero-order chi connectivity index (χ0) is 17.1. The van der Waals surface area contributed by atoms with Crippen LogP contribution in [0, 0.1) is 0 Å². The third-order valence-electron chi connectivity index (χ3n) is 4.40. The van der Waals surface area contributed by atoms with E-state index in [1.807, 2.05) is 30.5 Å². The minimum absolute atomic E-state index is 0.349. The third-order valence-corrected chi connectivity index (χ3v) is 4.40. The number of aromatic amines is 1. The van der Waals surface area contributed by atoms with Gasteiger partial charge in [0.25, 0.3) is 0 Å². The molecule has 3 aromatic heterocycles. The van der Waals surface area contributed by atoms with Crippen molar-refractivity contribution in [3.8, 4) is 0 Å². The molecule has 0 saturated carbocycles. The number of amides is 2. The highest BCUT2D eigenvalue weighted by Crippen LogP contribution is 2.26. The fourth-order valence-electron chi connectivity index (χ4n) is 3.07. The Hall–Kier alpha value is -2.93. The maximum absolute atomic E-state index is 12.2. The molecule has 4 heterocycles. The Morgan fingerprint density at radius 3 is 2.84 bits per heavy atom. The zero-order valence-corrected chi connectivity index (χ0v) is 13.7. The zero-order valence-electron chi connectivity index (χ0n) is 13.7. The van der Waals surface area contributed by atoms with Crippen LogP contribution in [0.3, 0.4) is 0 Å². The van der Waals surface area contributed by atoms with Gasteiger partial charge in [-0.1, -0.05) is 6.07 Å². The Morgan fingerprint density at radius 1 is 1.16 bits per heavy atom. The summed E-state index contributed by atoms with van der Waals surface area (Å²) in [5, 5.41) is 5.54. The van der Waals surface area contributed by atoms with Gasteiger partial charge in [-0.25, -0.2) is 9.78 Å². The lowest BCUT2D eigenvalue weighted by atomic mass is 9.93. The predicted octanol–water partition coefficient (Wildman–Crippen LogP) is 3.50. The van der Waals surface area contributed by atoms with E-state index in [-0.39, 0.29) is 6.03 Å². The molecular formula is C18H19N5O2. The van der Waals surface area contributed by atoms with Gasteiger partial charge in [0, 0.05) is 31.8 Å². The van der Waals surface area contributed by atoms with Crippen LogP contribution >= 0.6 is 0 Å². The van der Waals surface area contributed by atoms with E-state index in [1.54, 1.807) is 12.4 Å². The fraction of sp³-hybridized carbons (Fsp3) is 0.278. The van der Waals surface area contributed by atoms with Crippen LogP contribution in [0.4, 0.5) is 16.3 Å². The van der Waals surface area contributed by atoms with E-state index in [1.165, 1.54) is 5.56 Å². The summed E-state index contributed by atoms with van der Waals surface area (Å²) in [7, 11) is 0. The van der Waals surface area contributed by atoms with Gasteiger partial charge in [-0.05, 0) is 42.5 Å². The highest BCUT2D eigenvalue weighted by Gasteiger charge is 2.16. The molecule has 1 fully saturated rings. The molecule has 0 aliphatic carbocycles. The van der Waals surface area contributed by atoms with Crippen molar-refractivity contribution in [1.82, 2.24) is 15.0 Å². The van der Waals surface area contributed by atoms with Gasteiger partial charge in [0.1, 0.15) is 11.3 Å². The van der Waals surface area contributed by atoms with Gasteiger partial charge >= 0.3 is 6.03 Å². The summed E-state index contributed by atoms with van der Waals surface area (Å²) >= 11 is 0. The standard InChI is InChI=1S/C18H19N5O2/c24-18(22-15-11-20-14-2-1-7-19-17(14)15)23-16-4-3-13(10-21-16)12-5-8-25-9-6-12/h1-4,7,10-12,20H,5-6,8-9H2,(H2,21,22,23,24). The van der Waals surface area contributed by atoms with E-state index >= 15 is 0 Å². The number of carbonyl (C=O) groups is 1. The van der Waals surface area contributed by atoms with Crippen LogP contribution in [0.1, 0.15) is 24.3 Å². The Kier molecular flexibility index (Phi) is 4.30. The van der Waals surface area contributed by atoms with Gasteiger partial charge < -0.3 is 15.0 Å². The first-order valence-corrected chi connectivity index (χ1v) is 8.33. The van der Waals surface area contributed by atoms with Gasteiger partial charge in [-0.2, -0.15) is 0 Å². The van der Waals surface area contributed by atoms with E-state index in [4.69, 9.17) is 4.74 Å². The van der Waals surface area contributed by atoms with Crippen molar-refractivity contribution < 1.29 is 9.53 Å². The van der Waals surface area contributed by atoms with Crippen LogP contribution in [0.15, 0.2) is 42.9 Å². The molecule has 0 spiro atoms. The largest absolute Gasteiger partial charge is 0.381 e. The van der Waals surface area contributed by atoms with Gasteiger partial charge in [-0.3, -0.25) is 10.3 Å². The van der Waals surface area contributed by atoms with E-state index in [0.717, 1.165) is 37.1 Å². The molecule has 1 aliphatic rings. The van der Waals surface area contributed by atoms with Crippen LogP contribution in [0.5, 0.6) is 0 Å². The SMILES string of the molecule is O=C(Nc1ccc(C2CCOCC2)cn1)Nc1c[nH]c2cccnc12. The number of hydrogen-bond acceptors (Lipinski definition) is 4. The number of H-pyrrole nitrogens is 1. The Morgan fingerprint density at radius 2 is 2.04 bits per heavy atom. The van der Waals surface area contributed by atoms with Crippen molar-refractivity contribution in [2.24, 2.45) is 0 Å². The van der Waals surface area contributed by atoms with Gasteiger partial charge in [0.15, 0.2) is 0 Å². The van der Waals surface area contributed by atoms with Crippen LogP contribution in [0.25, 0.3) is 11.0 Å². The molecule has 0 aromatic carbocycles. The summed E-state index contributed by atoms with van der Waals surface area (Å²) in [5.41, 5.74) is 3.42. The summed E-state index contributed by atoms with van der Waals surface area (Å²) in [6.45, 7) is 1.59. The molecule has 7 heteroatoms. The quantitative estimate of drug-likeness (QED) is 0.682. The van der Waals surface area contributed by atoms with Crippen LogP contribution in [-0.2, 0) is 4.74 Å². The van der Waals surface area contributed by atoms with Crippen LogP contribution in [-0.4, -0.2) is 34.2 Å². The number of carbonyl (C=O) groups excluding carboxylic acids is 1. The number of hydrogen-bond donors (Lipinski definition) is 3. The Labute approximate surface area is 144 Å². The second-order valence-electron chi connectivity index (χ2n) is 6.04. The second kappa shape index (κ2) is 6.90. The Bertz CT molecular complexity index is 869. The molecule has 2 amide bonds. The van der Waals surface area contributed by atoms with Crippen molar-refractivity contribution in [1.29, 1.82) is 0 Å². The molecule has 1 saturated heterocycles. The summed E-state index contributed by atoms with van der Waals surface area (Å²) in [5.74, 6) is 1.00. The summed E-state index contributed by atoms with van der Waals surface area (Å²) in [6.07, 6.45) is 7.28. The van der Waals surface area contributed by atoms with Gasteiger partial charge in [-0.15, -0.1) is 0 Å².